The quantitative estimate of drug-likeness (QED) is 0.586. The van der Waals surface area contributed by atoms with E-state index in [1.807, 2.05) is 0 Å². The predicted molar refractivity (Wildman–Crippen MR) is 37.4 cm³/mol. The number of rotatable bonds is 0. The van der Waals surface area contributed by atoms with Gasteiger partial charge in [-0.05, 0) is 29.9 Å². The first kappa shape index (κ1) is 5.38. The van der Waals surface area contributed by atoms with E-state index in [0.29, 0.717) is 0 Å². The van der Waals surface area contributed by atoms with Crippen molar-refractivity contribution in [2.24, 2.45) is 5.73 Å². The Morgan fingerprint density at radius 3 is 3.44 bits per heavy atom. The van der Waals surface area contributed by atoms with Crippen LogP contribution in [0.4, 0.5) is 0 Å². The van der Waals surface area contributed by atoms with Crippen LogP contribution in [0.5, 0.6) is 0 Å². The first-order valence-corrected chi connectivity index (χ1v) is 3.90. The van der Waals surface area contributed by atoms with Crippen LogP contribution in [0.2, 0.25) is 0 Å². The normalized spacial score (nSPS) is 24.3. The molecule has 0 radical (unpaired) electrons. The molecule has 1 unspecified atom stereocenters. The maximum absolute atomic E-state index is 5.73. The Morgan fingerprint density at radius 1 is 1.78 bits per heavy atom. The highest BCUT2D eigenvalue weighted by Crippen LogP contribution is 2.28. The van der Waals surface area contributed by atoms with Crippen LogP contribution in [0.15, 0.2) is 5.38 Å². The molecule has 48 valence electrons. The smallest absolute Gasteiger partial charge is 0.0741 e. The number of aromatic nitrogens is 1. The molecule has 3 heteroatoms. The summed E-state index contributed by atoms with van der Waals surface area (Å²) in [6, 6.07) is 0.228. The van der Waals surface area contributed by atoms with Crippen molar-refractivity contribution in [1.82, 2.24) is 4.37 Å². The highest BCUT2D eigenvalue weighted by atomic mass is 32.1. The maximum atomic E-state index is 5.73. The first-order valence-electron chi connectivity index (χ1n) is 3.06. The molecular weight excluding hydrogens is 132 g/mol. The second-order valence-corrected chi connectivity index (χ2v) is 3.00. The Labute approximate surface area is 57.9 Å². The molecule has 2 rings (SSSR count). The van der Waals surface area contributed by atoms with Crippen LogP contribution in [0, 0.1) is 0 Å². The third kappa shape index (κ3) is 0.686. The minimum Gasteiger partial charge on any atom is -0.323 e. The molecule has 0 amide bonds. The Hall–Kier alpha value is -0.410. The number of aryl methyl sites for hydroxylation is 1. The van der Waals surface area contributed by atoms with E-state index in [2.05, 4.69) is 9.75 Å². The van der Waals surface area contributed by atoms with Crippen molar-refractivity contribution < 1.29 is 0 Å². The number of nitrogens with zero attached hydrogens (tertiary/aromatic N) is 1. The van der Waals surface area contributed by atoms with Crippen molar-refractivity contribution in [3.8, 4) is 0 Å². The molecule has 0 saturated heterocycles. The molecule has 9 heavy (non-hydrogen) atoms. The van der Waals surface area contributed by atoms with E-state index in [1.54, 1.807) is 0 Å². The minimum atomic E-state index is 0.228. The van der Waals surface area contributed by atoms with Gasteiger partial charge in [-0.1, -0.05) is 0 Å². The van der Waals surface area contributed by atoms with Gasteiger partial charge in [0.1, 0.15) is 0 Å². The number of hydrogen-bond acceptors (Lipinski definition) is 3. The molecule has 1 aromatic heterocycles. The maximum Gasteiger partial charge on any atom is 0.0741 e. The van der Waals surface area contributed by atoms with Crippen LogP contribution >= 0.6 is 11.5 Å². The molecule has 1 atom stereocenters. The number of hydrogen-bond donors (Lipinski definition) is 1. The fraction of sp³-hybridized carbons (Fsp3) is 0.500. The summed E-state index contributed by atoms with van der Waals surface area (Å²) >= 11 is 1.52. The zero-order valence-corrected chi connectivity index (χ0v) is 5.82. The summed E-state index contributed by atoms with van der Waals surface area (Å²) in [5.74, 6) is 0. The Morgan fingerprint density at radius 2 is 2.67 bits per heavy atom. The van der Waals surface area contributed by atoms with E-state index >= 15 is 0 Å². The van der Waals surface area contributed by atoms with Crippen LogP contribution in [-0.4, -0.2) is 4.37 Å². The van der Waals surface area contributed by atoms with E-state index < -0.39 is 0 Å². The van der Waals surface area contributed by atoms with Crippen LogP contribution in [0.1, 0.15) is 23.7 Å². The SMILES string of the molecule is NC1CCc2csnc21. The number of nitrogens with two attached hydrogens (primary N) is 1. The van der Waals surface area contributed by atoms with Crippen molar-refractivity contribution in [3.05, 3.63) is 16.6 Å². The standard InChI is InChI=1S/C6H8N2S/c7-5-2-1-4-3-9-8-6(4)5/h3,5H,1-2,7H2. The molecule has 1 aromatic rings. The fourth-order valence-corrected chi connectivity index (χ4v) is 1.99. The molecular formula is C6H8N2S. The number of fused-ring (bicyclic) bond motifs is 1. The van der Waals surface area contributed by atoms with Gasteiger partial charge < -0.3 is 5.73 Å². The van der Waals surface area contributed by atoms with Gasteiger partial charge in [0, 0.05) is 11.4 Å². The lowest BCUT2D eigenvalue weighted by molar-refractivity contribution is 0.701. The Kier molecular flexibility index (Phi) is 1.07. The topological polar surface area (TPSA) is 38.9 Å². The Balaban J connectivity index is 2.49. The zero-order chi connectivity index (χ0) is 6.27. The van der Waals surface area contributed by atoms with E-state index in [-0.39, 0.29) is 6.04 Å². The lowest BCUT2D eigenvalue weighted by Gasteiger charge is -1.95. The second-order valence-electron chi connectivity index (χ2n) is 2.37. The van der Waals surface area contributed by atoms with Crippen molar-refractivity contribution in [1.29, 1.82) is 0 Å². The van der Waals surface area contributed by atoms with E-state index in [1.165, 1.54) is 17.1 Å². The van der Waals surface area contributed by atoms with Gasteiger partial charge in [0.25, 0.3) is 0 Å². The van der Waals surface area contributed by atoms with E-state index in [4.69, 9.17) is 5.73 Å². The summed E-state index contributed by atoms with van der Waals surface area (Å²) in [7, 11) is 0. The Bertz CT molecular complexity index is 219. The van der Waals surface area contributed by atoms with Crippen LogP contribution < -0.4 is 5.73 Å². The van der Waals surface area contributed by atoms with Crippen molar-refractivity contribution in [2.75, 3.05) is 0 Å². The van der Waals surface area contributed by atoms with Crippen molar-refractivity contribution >= 4 is 11.5 Å². The van der Waals surface area contributed by atoms with Crippen molar-refractivity contribution in [3.63, 3.8) is 0 Å². The van der Waals surface area contributed by atoms with Gasteiger partial charge in [0.15, 0.2) is 0 Å². The molecule has 1 aliphatic rings. The molecule has 2 N–H and O–H groups in total. The molecule has 2 nitrogen and oxygen atoms in total. The van der Waals surface area contributed by atoms with Gasteiger partial charge in [-0.3, -0.25) is 0 Å². The third-order valence-electron chi connectivity index (χ3n) is 1.75. The zero-order valence-electron chi connectivity index (χ0n) is 5.00. The summed E-state index contributed by atoms with van der Waals surface area (Å²) in [6.07, 6.45) is 2.22. The highest BCUT2D eigenvalue weighted by molar-refractivity contribution is 7.03. The fourth-order valence-electron chi connectivity index (χ4n) is 1.21. The van der Waals surface area contributed by atoms with Gasteiger partial charge >= 0.3 is 0 Å². The van der Waals surface area contributed by atoms with Gasteiger partial charge in [-0.25, -0.2) is 0 Å². The average molecular weight is 140 g/mol. The summed E-state index contributed by atoms with van der Waals surface area (Å²) in [5, 5.41) is 2.10. The monoisotopic (exact) mass is 140 g/mol. The minimum absolute atomic E-state index is 0.228. The van der Waals surface area contributed by atoms with Gasteiger partial charge in [-0.15, -0.1) is 0 Å². The molecule has 0 aliphatic heterocycles. The average Bonchev–Trinajstić information content (AvgIpc) is 2.35. The van der Waals surface area contributed by atoms with Gasteiger partial charge in [0.05, 0.1) is 5.69 Å². The van der Waals surface area contributed by atoms with E-state index in [9.17, 15) is 0 Å². The van der Waals surface area contributed by atoms with E-state index in [0.717, 1.165) is 18.5 Å². The lowest BCUT2D eigenvalue weighted by atomic mass is 10.3. The largest absolute Gasteiger partial charge is 0.323 e. The second kappa shape index (κ2) is 1.78. The summed E-state index contributed by atoms with van der Waals surface area (Å²) in [6.45, 7) is 0. The lowest BCUT2D eigenvalue weighted by Crippen LogP contribution is -2.05. The van der Waals surface area contributed by atoms with Crippen LogP contribution in [0.3, 0.4) is 0 Å². The van der Waals surface area contributed by atoms with Crippen LogP contribution in [0.25, 0.3) is 0 Å². The summed E-state index contributed by atoms with van der Waals surface area (Å²) in [5.41, 5.74) is 8.24. The molecule has 1 aliphatic carbocycles. The molecule has 0 saturated carbocycles. The predicted octanol–water partition coefficient (Wildman–Crippen LogP) is 1.09. The van der Waals surface area contributed by atoms with Gasteiger partial charge in [0.2, 0.25) is 0 Å². The molecule has 0 spiro atoms. The third-order valence-corrected chi connectivity index (χ3v) is 2.44. The van der Waals surface area contributed by atoms with Crippen molar-refractivity contribution in [2.45, 2.75) is 18.9 Å². The summed E-state index contributed by atoms with van der Waals surface area (Å²) in [4.78, 5) is 0. The van der Waals surface area contributed by atoms with Gasteiger partial charge in [-0.2, -0.15) is 4.37 Å². The first-order chi connectivity index (χ1) is 4.38. The molecule has 0 bridgehead atoms. The molecule has 0 aromatic carbocycles. The molecule has 1 heterocycles. The molecule has 0 fully saturated rings. The summed E-state index contributed by atoms with van der Waals surface area (Å²) < 4.78 is 4.19. The highest BCUT2D eigenvalue weighted by Gasteiger charge is 2.20. The van der Waals surface area contributed by atoms with Crippen LogP contribution in [-0.2, 0) is 6.42 Å².